The van der Waals surface area contributed by atoms with Crippen molar-refractivity contribution >= 4 is 5.65 Å². The molecule has 0 spiro atoms. The zero-order valence-corrected chi connectivity index (χ0v) is 15.6. The van der Waals surface area contributed by atoms with Crippen LogP contribution >= 0.6 is 0 Å². The van der Waals surface area contributed by atoms with Gasteiger partial charge in [0.15, 0.2) is 5.65 Å². The summed E-state index contributed by atoms with van der Waals surface area (Å²) in [4.78, 5) is 6.88. The summed E-state index contributed by atoms with van der Waals surface area (Å²) in [6.07, 6.45) is 6.62. The van der Waals surface area contributed by atoms with Gasteiger partial charge in [-0.3, -0.25) is 10.00 Å². The van der Waals surface area contributed by atoms with Gasteiger partial charge >= 0.3 is 0 Å². The van der Waals surface area contributed by atoms with Gasteiger partial charge in [0, 0.05) is 55.3 Å². The van der Waals surface area contributed by atoms with E-state index < -0.39 is 0 Å². The maximum absolute atomic E-state index is 5.90. The number of fused-ring (bicyclic) bond motifs is 2. The number of aromatic nitrogens is 5. The van der Waals surface area contributed by atoms with Crippen molar-refractivity contribution < 1.29 is 4.74 Å². The first-order chi connectivity index (χ1) is 13.9. The second kappa shape index (κ2) is 7.53. The highest BCUT2D eigenvalue weighted by atomic mass is 16.5. The summed E-state index contributed by atoms with van der Waals surface area (Å²) in [5, 5.41) is 12.1. The van der Waals surface area contributed by atoms with E-state index in [2.05, 4.69) is 37.3 Å². The minimum atomic E-state index is 0.521. The molecule has 0 bridgehead atoms. The van der Waals surface area contributed by atoms with E-state index in [4.69, 9.17) is 4.74 Å². The van der Waals surface area contributed by atoms with E-state index in [1.54, 1.807) is 0 Å². The fourth-order valence-electron chi connectivity index (χ4n) is 3.73. The molecular weight excluding hydrogens is 352 g/mol. The van der Waals surface area contributed by atoms with E-state index in [0.717, 1.165) is 43.0 Å². The van der Waals surface area contributed by atoms with E-state index in [-0.39, 0.29) is 0 Å². The van der Waals surface area contributed by atoms with E-state index in [9.17, 15) is 0 Å². The molecule has 0 aliphatic carbocycles. The first-order valence-corrected chi connectivity index (χ1v) is 9.53. The minimum absolute atomic E-state index is 0.521. The Bertz CT molecular complexity index is 1070. The molecule has 1 N–H and O–H groups in total. The molecule has 142 valence electrons. The monoisotopic (exact) mass is 374 g/mol. The van der Waals surface area contributed by atoms with Gasteiger partial charge in [-0.15, -0.1) is 0 Å². The van der Waals surface area contributed by atoms with Crippen molar-refractivity contribution in [3.63, 3.8) is 0 Å². The molecule has 28 heavy (non-hydrogen) atoms. The van der Waals surface area contributed by atoms with Gasteiger partial charge in [0.25, 0.3) is 0 Å². The lowest BCUT2D eigenvalue weighted by molar-refractivity contribution is 0.103. The standard InChI is InChI=1S/C21H22N6O/c1-2-5-16(6-3-1)14-28-15-20-18-13-26(10-7-19(18)24-25-20)12-17-11-23-27-9-4-8-22-21(17)27/h1-6,8-9,11H,7,10,12-15H2,(H,24,25). The van der Waals surface area contributed by atoms with Gasteiger partial charge in [-0.05, 0) is 11.6 Å². The van der Waals surface area contributed by atoms with Gasteiger partial charge in [0.2, 0.25) is 0 Å². The topological polar surface area (TPSA) is 71.3 Å². The predicted molar refractivity (Wildman–Crippen MR) is 104 cm³/mol. The number of rotatable bonds is 6. The minimum Gasteiger partial charge on any atom is -0.370 e. The van der Waals surface area contributed by atoms with Crippen molar-refractivity contribution in [2.24, 2.45) is 0 Å². The molecule has 1 aromatic carbocycles. The van der Waals surface area contributed by atoms with Crippen LogP contribution in [0, 0.1) is 0 Å². The molecule has 0 unspecified atom stereocenters. The van der Waals surface area contributed by atoms with Crippen LogP contribution < -0.4 is 0 Å². The molecule has 3 aromatic heterocycles. The summed E-state index contributed by atoms with van der Waals surface area (Å²) in [6.45, 7) is 3.80. The lowest BCUT2D eigenvalue weighted by Crippen LogP contribution is -2.30. The molecule has 1 aliphatic rings. The normalized spacial score (nSPS) is 14.4. The highest BCUT2D eigenvalue weighted by Gasteiger charge is 2.23. The summed E-state index contributed by atoms with van der Waals surface area (Å²) in [5.41, 5.74) is 6.75. The number of hydrogen-bond donors (Lipinski definition) is 1. The first kappa shape index (κ1) is 17.1. The van der Waals surface area contributed by atoms with Crippen molar-refractivity contribution in [3.8, 4) is 0 Å². The van der Waals surface area contributed by atoms with Crippen molar-refractivity contribution in [3.05, 3.63) is 83.1 Å². The van der Waals surface area contributed by atoms with Crippen molar-refractivity contribution in [2.75, 3.05) is 6.54 Å². The molecule has 7 heteroatoms. The van der Waals surface area contributed by atoms with Gasteiger partial charge in [0.1, 0.15) is 0 Å². The summed E-state index contributed by atoms with van der Waals surface area (Å²) in [7, 11) is 0. The zero-order chi connectivity index (χ0) is 18.8. The van der Waals surface area contributed by atoms with Crippen molar-refractivity contribution in [1.29, 1.82) is 0 Å². The van der Waals surface area contributed by atoms with E-state index in [1.807, 2.05) is 47.4 Å². The van der Waals surface area contributed by atoms with Crippen LogP contribution in [0.3, 0.4) is 0 Å². The fourth-order valence-corrected chi connectivity index (χ4v) is 3.73. The number of benzene rings is 1. The van der Waals surface area contributed by atoms with Gasteiger partial charge in [-0.2, -0.15) is 10.2 Å². The largest absolute Gasteiger partial charge is 0.370 e. The number of nitrogens with one attached hydrogen (secondary N) is 1. The van der Waals surface area contributed by atoms with Gasteiger partial charge in [0.05, 0.1) is 25.1 Å². The van der Waals surface area contributed by atoms with Crippen molar-refractivity contribution in [1.82, 2.24) is 29.7 Å². The van der Waals surface area contributed by atoms with E-state index in [0.29, 0.717) is 13.2 Å². The van der Waals surface area contributed by atoms with Gasteiger partial charge in [-0.1, -0.05) is 30.3 Å². The summed E-state index contributed by atoms with van der Waals surface area (Å²) in [5.74, 6) is 0. The average molecular weight is 374 g/mol. The Kier molecular flexibility index (Phi) is 4.60. The highest BCUT2D eigenvalue weighted by Crippen LogP contribution is 2.23. The van der Waals surface area contributed by atoms with Crippen molar-refractivity contribution in [2.45, 2.75) is 32.7 Å². The van der Waals surface area contributed by atoms with Crippen LogP contribution in [0.15, 0.2) is 55.0 Å². The average Bonchev–Trinajstić information content (AvgIpc) is 3.33. The molecule has 0 saturated carbocycles. The molecule has 0 saturated heterocycles. The van der Waals surface area contributed by atoms with E-state index in [1.165, 1.54) is 16.8 Å². The first-order valence-electron chi connectivity index (χ1n) is 9.53. The smallest absolute Gasteiger partial charge is 0.159 e. The van der Waals surface area contributed by atoms with Gasteiger partial charge < -0.3 is 4.74 Å². The van der Waals surface area contributed by atoms with Crippen LogP contribution in [0.5, 0.6) is 0 Å². The molecule has 4 aromatic rings. The lowest BCUT2D eigenvalue weighted by Gasteiger charge is -2.26. The molecule has 0 atom stereocenters. The van der Waals surface area contributed by atoms with Crippen LogP contribution in [-0.4, -0.2) is 36.2 Å². The number of nitrogens with zero attached hydrogens (tertiary/aromatic N) is 5. The van der Waals surface area contributed by atoms with Crippen LogP contribution in [0.25, 0.3) is 5.65 Å². The second-order valence-corrected chi connectivity index (χ2v) is 7.12. The predicted octanol–water partition coefficient (Wildman–Crippen LogP) is 2.73. The molecule has 4 heterocycles. The SMILES string of the molecule is c1ccc(COCc2n[nH]c3c2CN(Cc2cnn4cccnc24)CC3)cc1. The van der Waals surface area contributed by atoms with Crippen LogP contribution in [0.4, 0.5) is 0 Å². The van der Waals surface area contributed by atoms with Crippen LogP contribution in [-0.2, 0) is 37.5 Å². The zero-order valence-electron chi connectivity index (χ0n) is 15.6. The maximum atomic E-state index is 5.90. The maximum Gasteiger partial charge on any atom is 0.159 e. The third kappa shape index (κ3) is 3.42. The molecule has 0 fully saturated rings. The Labute approximate surface area is 163 Å². The summed E-state index contributed by atoms with van der Waals surface area (Å²) in [6, 6.07) is 12.1. The molecule has 0 amide bonds. The molecule has 1 aliphatic heterocycles. The molecule has 0 radical (unpaired) electrons. The number of ether oxygens (including phenoxy) is 1. The summed E-state index contributed by atoms with van der Waals surface area (Å²) < 4.78 is 7.73. The van der Waals surface area contributed by atoms with Crippen LogP contribution in [0.2, 0.25) is 0 Å². The number of hydrogen-bond acceptors (Lipinski definition) is 5. The highest BCUT2D eigenvalue weighted by molar-refractivity contribution is 5.45. The Morgan fingerprint density at radius 1 is 1.11 bits per heavy atom. The fraction of sp³-hybridized carbons (Fsp3) is 0.286. The quantitative estimate of drug-likeness (QED) is 0.562. The third-order valence-electron chi connectivity index (χ3n) is 5.19. The van der Waals surface area contributed by atoms with Gasteiger partial charge in [-0.25, -0.2) is 9.50 Å². The number of H-pyrrole nitrogens is 1. The second-order valence-electron chi connectivity index (χ2n) is 7.12. The molecule has 5 rings (SSSR count). The Morgan fingerprint density at radius 2 is 2.04 bits per heavy atom. The summed E-state index contributed by atoms with van der Waals surface area (Å²) >= 11 is 0. The molecule has 7 nitrogen and oxygen atoms in total. The Morgan fingerprint density at radius 3 is 2.96 bits per heavy atom. The molecular formula is C21H22N6O. The third-order valence-corrected chi connectivity index (χ3v) is 5.19. The Balaban J connectivity index is 1.25. The van der Waals surface area contributed by atoms with E-state index >= 15 is 0 Å². The Hall–Kier alpha value is -3.03. The van der Waals surface area contributed by atoms with Crippen LogP contribution in [0.1, 0.15) is 28.1 Å². The number of aromatic amines is 1. The lowest BCUT2D eigenvalue weighted by atomic mass is 10.1.